The molecule has 1 aliphatic heterocycles. The first-order chi connectivity index (χ1) is 10.8. The Morgan fingerprint density at radius 3 is 2.62 bits per heavy atom. The van der Waals surface area contributed by atoms with Crippen molar-refractivity contribution in [3.05, 3.63) is 22.7 Å². The van der Waals surface area contributed by atoms with Crippen LogP contribution >= 0.6 is 12.4 Å². The summed E-state index contributed by atoms with van der Waals surface area (Å²) in [6.07, 6.45) is -3.21. The number of ether oxygens (including phenoxy) is 3. The van der Waals surface area contributed by atoms with Crippen LogP contribution in [0.1, 0.15) is 20.1 Å². The Morgan fingerprint density at radius 1 is 1.42 bits per heavy atom. The van der Waals surface area contributed by atoms with Crippen molar-refractivity contribution in [1.82, 2.24) is 9.55 Å². The van der Waals surface area contributed by atoms with Gasteiger partial charge in [0.05, 0.1) is 0 Å². The number of carbonyl (C=O) groups is 2. The van der Waals surface area contributed by atoms with Gasteiger partial charge in [-0.25, -0.2) is 4.79 Å². The van der Waals surface area contributed by atoms with Crippen molar-refractivity contribution in [2.45, 2.75) is 38.4 Å². The fourth-order valence-corrected chi connectivity index (χ4v) is 2.24. The van der Waals surface area contributed by atoms with Gasteiger partial charge in [0.25, 0.3) is 0 Å². The molecule has 1 fully saturated rings. The normalized spacial score (nSPS) is 25.6. The number of halogens is 1. The minimum atomic E-state index is -1.34. The first kappa shape index (κ1) is 19.9. The van der Waals surface area contributed by atoms with Gasteiger partial charge in [-0.3, -0.25) is 14.2 Å². The van der Waals surface area contributed by atoms with E-state index in [0.717, 1.165) is 4.57 Å². The molecule has 0 aliphatic carbocycles. The molecule has 0 spiro atoms. The summed E-state index contributed by atoms with van der Waals surface area (Å²) in [5.74, 6) is -1.18. The number of aliphatic hydroxyl groups is 1. The van der Waals surface area contributed by atoms with E-state index < -0.39 is 42.2 Å². The first-order valence-corrected chi connectivity index (χ1v) is 6.78. The Labute approximate surface area is 142 Å². The van der Waals surface area contributed by atoms with Gasteiger partial charge >= 0.3 is 17.6 Å². The van der Waals surface area contributed by atoms with E-state index >= 15 is 0 Å². The smallest absolute Gasteiger partial charge is 0.351 e. The summed E-state index contributed by atoms with van der Waals surface area (Å²) in [6.45, 7) is 2.13. The highest BCUT2D eigenvalue weighted by Gasteiger charge is 2.47. The van der Waals surface area contributed by atoms with Crippen LogP contribution in [0.2, 0.25) is 0 Å². The highest BCUT2D eigenvalue weighted by Crippen LogP contribution is 2.31. The van der Waals surface area contributed by atoms with E-state index in [-0.39, 0.29) is 24.8 Å². The van der Waals surface area contributed by atoms with Crippen LogP contribution in [0, 0.1) is 0 Å². The van der Waals surface area contributed by atoms with Crippen molar-refractivity contribution < 1.29 is 28.9 Å². The Balaban J connectivity index is 0.00000288. The third-order valence-electron chi connectivity index (χ3n) is 3.19. The number of nitrogens with zero attached hydrogens (tertiary/aromatic N) is 2. The zero-order valence-electron chi connectivity index (χ0n) is 12.9. The van der Waals surface area contributed by atoms with Crippen molar-refractivity contribution in [2.24, 2.45) is 0 Å². The van der Waals surface area contributed by atoms with Gasteiger partial charge in [0.1, 0.15) is 24.6 Å². The fraction of sp³-hybridized carbons (Fsp3) is 0.538. The van der Waals surface area contributed by atoms with Gasteiger partial charge in [0, 0.05) is 20.0 Å². The summed E-state index contributed by atoms with van der Waals surface area (Å²) in [7, 11) is 0. The molecular weight excluding hydrogens is 346 g/mol. The Bertz CT molecular complexity index is 665. The number of aromatic nitrogens is 2. The highest BCUT2D eigenvalue weighted by molar-refractivity contribution is 5.85. The molecule has 24 heavy (non-hydrogen) atoms. The number of hydrogen-bond donors (Lipinski definition) is 2. The number of anilines is 1. The summed E-state index contributed by atoms with van der Waals surface area (Å²) in [4.78, 5) is 37.5. The number of aliphatic hydroxyl groups excluding tert-OH is 1. The van der Waals surface area contributed by atoms with Crippen molar-refractivity contribution in [3.8, 4) is 0 Å². The minimum absolute atomic E-state index is 0. The summed E-state index contributed by atoms with van der Waals surface area (Å²) in [5.41, 5.74) is 4.68. The lowest BCUT2D eigenvalue weighted by Gasteiger charge is -2.19. The van der Waals surface area contributed by atoms with Crippen molar-refractivity contribution in [2.75, 3.05) is 12.3 Å². The predicted octanol–water partition coefficient (Wildman–Crippen LogP) is -1.000. The van der Waals surface area contributed by atoms with Gasteiger partial charge in [-0.1, -0.05) is 0 Å². The number of nitrogen functional groups attached to an aromatic ring is 1. The van der Waals surface area contributed by atoms with Crippen LogP contribution in [0.15, 0.2) is 17.1 Å². The van der Waals surface area contributed by atoms with E-state index in [4.69, 9.17) is 19.9 Å². The number of carbonyl (C=O) groups excluding carboxylic acids is 2. The largest absolute Gasteiger partial charge is 0.463 e. The van der Waals surface area contributed by atoms with E-state index in [1.807, 2.05) is 0 Å². The third kappa shape index (κ3) is 4.43. The van der Waals surface area contributed by atoms with Crippen LogP contribution in [0.5, 0.6) is 0 Å². The maximum Gasteiger partial charge on any atom is 0.351 e. The van der Waals surface area contributed by atoms with Crippen LogP contribution in [0.4, 0.5) is 5.82 Å². The van der Waals surface area contributed by atoms with E-state index in [9.17, 15) is 19.5 Å². The minimum Gasteiger partial charge on any atom is -0.463 e. The summed E-state index contributed by atoms with van der Waals surface area (Å²) >= 11 is 0. The first-order valence-electron chi connectivity index (χ1n) is 6.78. The van der Waals surface area contributed by atoms with Crippen molar-refractivity contribution in [3.63, 3.8) is 0 Å². The number of esters is 2. The molecule has 1 aromatic heterocycles. The molecule has 0 amide bonds. The number of rotatable bonds is 4. The lowest BCUT2D eigenvalue weighted by Crippen LogP contribution is -2.39. The third-order valence-corrected chi connectivity index (χ3v) is 3.19. The average Bonchev–Trinajstić information content (AvgIpc) is 2.73. The monoisotopic (exact) mass is 363 g/mol. The van der Waals surface area contributed by atoms with Gasteiger partial charge in [-0.05, 0) is 6.07 Å². The van der Waals surface area contributed by atoms with Crippen LogP contribution in [0.25, 0.3) is 0 Å². The average molecular weight is 364 g/mol. The molecule has 134 valence electrons. The second-order valence-corrected chi connectivity index (χ2v) is 4.97. The Kier molecular flexibility index (Phi) is 6.70. The second kappa shape index (κ2) is 8.08. The highest BCUT2D eigenvalue weighted by atomic mass is 35.5. The molecule has 1 aliphatic rings. The van der Waals surface area contributed by atoms with Crippen LogP contribution < -0.4 is 11.4 Å². The molecular formula is C13H18ClN3O7. The van der Waals surface area contributed by atoms with Crippen molar-refractivity contribution >= 4 is 30.2 Å². The maximum absolute atomic E-state index is 11.9. The molecule has 0 saturated carbocycles. The molecule has 2 heterocycles. The number of hydrogen-bond acceptors (Lipinski definition) is 9. The SMILES string of the molecule is CC(=O)OC[C@H]1O[C@@H](n2ccc(N)nc2=O)[C@@H](O)[C@@H]1OC(C)=O.Cl. The summed E-state index contributed by atoms with van der Waals surface area (Å²) < 4.78 is 16.4. The molecule has 1 aromatic rings. The fourth-order valence-electron chi connectivity index (χ4n) is 2.24. The molecule has 10 nitrogen and oxygen atoms in total. The van der Waals surface area contributed by atoms with Gasteiger partial charge < -0.3 is 25.1 Å². The standard InChI is InChI=1S/C13H17N3O7.ClH/c1-6(17)21-5-8-11(22-7(2)18)10(19)12(23-8)16-4-3-9(14)15-13(16)20;/h3-4,8,10-12,19H,5H2,1-2H3,(H2,14,15,20);1H/t8-,10+,11-,12-;/m1./s1. The lowest BCUT2D eigenvalue weighted by atomic mass is 10.1. The number of nitrogens with two attached hydrogens (primary N) is 1. The van der Waals surface area contributed by atoms with Gasteiger partial charge in [-0.2, -0.15) is 4.98 Å². The zero-order chi connectivity index (χ0) is 17.1. The van der Waals surface area contributed by atoms with E-state index in [0.29, 0.717) is 0 Å². The molecule has 4 atom stereocenters. The predicted molar refractivity (Wildman–Crippen MR) is 82.3 cm³/mol. The zero-order valence-corrected chi connectivity index (χ0v) is 13.8. The lowest BCUT2D eigenvalue weighted by molar-refractivity contribution is -0.157. The molecule has 3 N–H and O–H groups in total. The quantitative estimate of drug-likeness (QED) is 0.643. The molecule has 0 radical (unpaired) electrons. The van der Waals surface area contributed by atoms with E-state index in [2.05, 4.69) is 4.98 Å². The van der Waals surface area contributed by atoms with Crippen LogP contribution in [-0.4, -0.2) is 51.5 Å². The molecule has 11 heteroatoms. The van der Waals surface area contributed by atoms with E-state index in [1.54, 1.807) is 0 Å². The van der Waals surface area contributed by atoms with E-state index in [1.165, 1.54) is 26.1 Å². The van der Waals surface area contributed by atoms with Crippen LogP contribution in [-0.2, 0) is 23.8 Å². The molecule has 0 bridgehead atoms. The maximum atomic E-state index is 11.9. The van der Waals surface area contributed by atoms with Gasteiger partial charge in [0.15, 0.2) is 12.3 Å². The molecule has 1 saturated heterocycles. The van der Waals surface area contributed by atoms with Gasteiger partial charge in [-0.15, -0.1) is 12.4 Å². The van der Waals surface area contributed by atoms with Crippen molar-refractivity contribution in [1.29, 1.82) is 0 Å². The summed E-state index contributed by atoms with van der Waals surface area (Å²) in [6, 6.07) is 1.36. The molecule has 2 rings (SSSR count). The molecule has 0 unspecified atom stereocenters. The second-order valence-electron chi connectivity index (χ2n) is 4.97. The Morgan fingerprint density at radius 2 is 2.08 bits per heavy atom. The topological polar surface area (TPSA) is 143 Å². The van der Waals surface area contributed by atoms with Gasteiger partial charge in [0.2, 0.25) is 0 Å². The molecule has 0 aromatic carbocycles. The Hall–Kier alpha value is -2.17. The van der Waals surface area contributed by atoms with Crippen LogP contribution in [0.3, 0.4) is 0 Å². The summed E-state index contributed by atoms with van der Waals surface area (Å²) in [5, 5.41) is 10.3.